The lowest BCUT2D eigenvalue weighted by molar-refractivity contribution is -0.157. The number of amides is 2. The van der Waals surface area contributed by atoms with Gasteiger partial charge in [0, 0.05) is 32.2 Å². The molecule has 28 heavy (non-hydrogen) atoms. The summed E-state index contributed by atoms with van der Waals surface area (Å²) in [6, 6.07) is 12.3. The number of piperazine rings is 1. The normalized spacial score (nSPS) is 17.3. The zero-order valence-corrected chi connectivity index (χ0v) is 15.6. The summed E-state index contributed by atoms with van der Waals surface area (Å²) in [5.74, 6) is -2.50. The van der Waals surface area contributed by atoms with E-state index >= 15 is 0 Å². The Kier molecular flexibility index (Phi) is 6.36. The smallest absolute Gasteiger partial charge is 0.246 e. The van der Waals surface area contributed by atoms with Crippen LogP contribution >= 0.6 is 0 Å². The maximum absolute atomic E-state index is 14.2. The molecule has 0 aliphatic carbocycles. The van der Waals surface area contributed by atoms with Crippen molar-refractivity contribution < 1.29 is 23.1 Å². The van der Waals surface area contributed by atoms with Gasteiger partial charge < -0.3 is 14.5 Å². The van der Waals surface area contributed by atoms with Crippen LogP contribution in [0.5, 0.6) is 0 Å². The summed E-state index contributed by atoms with van der Waals surface area (Å²) in [5.41, 5.74) is 0.927. The quantitative estimate of drug-likeness (QED) is 0.732. The summed E-state index contributed by atoms with van der Waals surface area (Å²) in [4.78, 5) is 28.6. The molecular formula is C21H22F2N2O3. The van der Waals surface area contributed by atoms with E-state index in [-0.39, 0.29) is 30.5 Å². The van der Waals surface area contributed by atoms with Crippen LogP contribution in [-0.4, -0.2) is 54.5 Å². The van der Waals surface area contributed by atoms with Crippen molar-refractivity contribution in [1.82, 2.24) is 9.80 Å². The molecule has 2 aromatic rings. The minimum Gasteiger partial charge on any atom is -0.383 e. The second-order valence-corrected chi connectivity index (χ2v) is 6.69. The van der Waals surface area contributed by atoms with Gasteiger partial charge in [-0.25, -0.2) is 8.78 Å². The number of halogens is 2. The minimum atomic E-state index is -0.997. The van der Waals surface area contributed by atoms with Gasteiger partial charge in [0.15, 0.2) is 11.6 Å². The zero-order valence-electron chi connectivity index (χ0n) is 15.6. The number of benzene rings is 2. The van der Waals surface area contributed by atoms with Crippen LogP contribution in [0.25, 0.3) is 0 Å². The van der Waals surface area contributed by atoms with Crippen LogP contribution in [0.4, 0.5) is 8.78 Å². The van der Waals surface area contributed by atoms with Crippen molar-refractivity contribution in [3.8, 4) is 0 Å². The molecule has 1 atom stereocenters. The molecule has 1 saturated heterocycles. The first-order valence-corrected chi connectivity index (χ1v) is 9.05. The Morgan fingerprint density at radius 3 is 2.54 bits per heavy atom. The summed E-state index contributed by atoms with van der Waals surface area (Å²) in [6.45, 7) is 0.346. The molecule has 0 saturated carbocycles. The molecule has 7 heteroatoms. The molecular weight excluding hydrogens is 366 g/mol. The Labute approximate surface area is 162 Å². The van der Waals surface area contributed by atoms with E-state index in [2.05, 4.69) is 0 Å². The number of carbonyl (C=O) groups excluding carboxylic acids is 2. The highest BCUT2D eigenvalue weighted by Crippen LogP contribution is 2.22. The van der Waals surface area contributed by atoms with E-state index in [1.165, 1.54) is 29.0 Å². The van der Waals surface area contributed by atoms with Crippen LogP contribution < -0.4 is 0 Å². The van der Waals surface area contributed by atoms with Gasteiger partial charge in [0.05, 0.1) is 13.2 Å². The van der Waals surface area contributed by atoms with Gasteiger partial charge in [-0.05, 0) is 11.6 Å². The molecule has 0 aromatic heterocycles. The van der Waals surface area contributed by atoms with Gasteiger partial charge in [-0.2, -0.15) is 0 Å². The van der Waals surface area contributed by atoms with Crippen LogP contribution in [0.3, 0.4) is 0 Å². The number of hydrogen-bond acceptors (Lipinski definition) is 3. The van der Waals surface area contributed by atoms with Gasteiger partial charge in [0.1, 0.15) is 6.04 Å². The van der Waals surface area contributed by atoms with Gasteiger partial charge in [-0.1, -0.05) is 42.5 Å². The Balaban J connectivity index is 1.89. The van der Waals surface area contributed by atoms with Crippen molar-refractivity contribution in [3.05, 3.63) is 71.3 Å². The van der Waals surface area contributed by atoms with Gasteiger partial charge in [0.25, 0.3) is 0 Å². The highest BCUT2D eigenvalue weighted by atomic mass is 19.2. The van der Waals surface area contributed by atoms with Crippen molar-refractivity contribution in [2.45, 2.75) is 19.0 Å². The highest BCUT2D eigenvalue weighted by Gasteiger charge is 2.39. The number of hydrogen-bond donors (Lipinski definition) is 0. The summed E-state index contributed by atoms with van der Waals surface area (Å²) >= 11 is 0. The van der Waals surface area contributed by atoms with E-state index in [1.807, 2.05) is 30.3 Å². The molecule has 0 radical (unpaired) electrons. The average Bonchev–Trinajstić information content (AvgIpc) is 2.70. The first-order chi connectivity index (χ1) is 13.5. The third-order valence-electron chi connectivity index (χ3n) is 4.83. The van der Waals surface area contributed by atoms with Crippen molar-refractivity contribution in [2.24, 2.45) is 0 Å². The average molecular weight is 388 g/mol. The van der Waals surface area contributed by atoms with Crippen LogP contribution in [0.2, 0.25) is 0 Å². The van der Waals surface area contributed by atoms with Crippen LogP contribution in [0.1, 0.15) is 11.1 Å². The monoisotopic (exact) mass is 388 g/mol. The lowest BCUT2D eigenvalue weighted by Crippen LogP contribution is -2.60. The lowest BCUT2D eigenvalue weighted by Gasteiger charge is -2.40. The van der Waals surface area contributed by atoms with Crippen molar-refractivity contribution in [2.75, 3.05) is 26.8 Å². The fourth-order valence-electron chi connectivity index (χ4n) is 3.33. The van der Waals surface area contributed by atoms with Gasteiger partial charge in [-0.15, -0.1) is 0 Å². The van der Waals surface area contributed by atoms with E-state index in [1.54, 1.807) is 0 Å². The van der Waals surface area contributed by atoms with E-state index in [0.717, 1.165) is 11.6 Å². The van der Waals surface area contributed by atoms with Gasteiger partial charge in [-0.3, -0.25) is 9.59 Å². The number of methoxy groups -OCH3 is 1. The molecule has 2 aromatic carbocycles. The number of ether oxygens (including phenoxy) is 1. The SMILES string of the molecule is COCCN1CC(=O)N(Cc2cccc(F)c2F)[C@H](Cc2ccccc2)C1=O. The lowest BCUT2D eigenvalue weighted by atomic mass is 10.00. The second-order valence-electron chi connectivity index (χ2n) is 6.69. The third kappa shape index (κ3) is 4.36. The molecule has 1 fully saturated rings. The molecule has 0 unspecified atom stereocenters. The van der Waals surface area contributed by atoms with E-state index < -0.39 is 17.7 Å². The Morgan fingerprint density at radius 2 is 1.82 bits per heavy atom. The van der Waals surface area contributed by atoms with Gasteiger partial charge >= 0.3 is 0 Å². The van der Waals surface area contributed by atoms with E-state index in [0.29, 0.717) is 19.6 Å². The molecule has 1 aliphatic rings. The summed E-state index contributed by atoms with van der Waals surface area (Å²) in [5, 5.41) is 0. The molecule has 0 bridgehead atoms. The maximum Gasteiger partial charge on any atom is 0.246 e. The number of carbonyl (C=O) groups is 2. The zero-order chi connectivity index (χ0) is 20.1. The molecule has 0 N–H and O–H groups in total. The van der Waals surface area contributed by atoms with Gasteiger partial charge in [0.2, 0.25) is 11.8 Å². The standard InChI is InChI=1S/C21H22F2N2O3/c1-28-11-10-24-14-19(26)25(13-16-8-5-9-17(22)20(16)23)18(21(24)27)12-15-6-3-2-4-7-15/h2-9,18H,10-14H2,1H3/t18-/m1/s1. The van der Waals surface area contributed by atoms with Crippen molar-refractivity contribution >= 4 is 11.8 Å². The molecule has 148 valence electrons. The number of nitrogens with zero attached hydrogens (tertiary/aromatic N) is 2. The third-order valence-corrected chi connectivity index (χ3v) is 4.83. The maximum atomic E-state index is 14.2. The number of rotatable bonds is 7. The molecule has 3 rings (SSSR count). The van der Waals surface area contributed by atoms with Crippen LogP contribution in [-0.2, 0) is 27.3 Å². The minimum absolute atomic E-state index is 0.0459. The summed E-state index contributed by atoms with van der Waals surface area (Å²) in [6.07, 6.45) is 0.297. The molecule has 2 amide bonds. The first kappa shape index (κ1) is 19.9. The largest absolute Gasteiger partial charge is 0.383 e. The predicted molar refractivity (Wildman–Crippen MR) is 99.3 cm³/mol. The van der Waals surface area contributed by atoms with E-state index in [9.17, 15) is 18.4 Å². The molecule has 1 heterocycles. The Morgan fingerprint density at radius 1 is 1.07 bits per heavy atom. The molecule has 1 aliphatic heterocycles. The van der Waals surface area contributed by atoms with E-state index in [4.69, 9.17) is 4.74 Å². The summed E-state index contributed by atoms with van der Waals surface area (Å²) < 4.78 is 32.8. The van der Waals surface area contributed by atoms with Crippen LogP contribution in [0, 0.1) is 11.6 Å². The first-order valence-electron chi connectivity index (χ1n) is 9.05. The second kappa shape index (κ2) is 8.93. The predicted octanol–water partition coefficient (Wildman–Crippen LogP) is 2.39. The van der Waals surface area contributed by atoms with Crippen LogP contribution in [0.15, 0.2) is 48.5 Å². The Bertz CT molecular complexity index is 845. The highest BCUT2D eigenvalue weighted by molar-refractivity contribution is 5.95. The van der Waals surface area contributed by atoms with Crippen molar-refractivity contribution in [3.63, 3.8) is 0 Å². The fraction of sp³-hybridized carbons (Fsp3) is 0.333. The summed E-state index contributed by atoms with van der Waals surface area (Å²) in [7, 11) is 1.52. The Hall–Kier alpha value is -2.80. The fourth-order valence-corrected chi connectivity index (χ4v) is 3.33. The van der Waals surface area contributed by atoms with Crippen molar-refractivity contribution in [1.29, 1.82) is 0 Å². The topological polar surface area (TPSA) is 49.9 Å². The molecule has 5 nitrogen and oxygen atoms in total. The molecule has 0 spiro atoms.